The fraction of sp³-hybridized carbons (Fsp3) is 0.571. The van der Waals surface area contributed by atoms with Gasteiger partial charge in [-0.2, -0.15) is 0 Å². The van der Waals surface area contributed by atoms with Gasteiger partial charge >= 0.3 is 0 Å². The summed E-state index contributed by atoms with van der Waals surface area (Å²) in [4.78, 5) is 0.380. The molecule has 0 saturated heterocycles. The molecule has 0 aromatic heterocycles. The zero-order valence-electron chi connectivity index (χ0n) is 11.5. The van der Waals surface area contributed by atoms with Crippen LogP contribution >= 0.6 is 0 Å². The first-order chi connectivity index (χ1) is 8.97. The summed E-state index contributed by atoms with van der Waals surface area (Å²) in [5.74, 6) is 0.498. The summed E-state index contributed by atoms with van der Waals surface area (Å²) in [7, 11) is -3.45. The largest absolute Gasteiger partial charge is 0.326 e. The summed E-state index contributed by atoms with van der Waals surface area (Å²) in [5.41, 5.74) is 7.28. The van der Waals surface area contributed by atoms with Crippen LogP contribution in [0.25, 0.3) is 0 Å². The van der Waals surface area contributed by atoms with Gasteiger partial charge in [0.25, 0.3) is 0 Å². The molecular weight excluding hydrogens is 260 g/mol. The summed E-state index contributed by atoms with van der Waals surface area (Å²) in [5, 5.41) is 0. The van der Waals surface area contributed by atoms with Crippen LogP contribution in [0.4, 0.5) is 0 Å². The number of hydrogen-bond acceptors (Lipinski definition) is 3. The maximum Gasteiger partial charge on any atom is 0.241 e. The number of rotatable bonds is 6. The van der Waals surface area contributed by atoms with Gasteiger partial charge in [0.1, 0.15) is 0 Å². The zero-order valence-corrected chi connectivity index (χ0v) is 12.3. The summed E-state index contributed by atoms with van der Waals surface area (Å²) < 4.78 is 27.7. The molecule has 2 rings (SSSR count). The Labute approximate surface area is 115 Å². The lowest BCUT2D eigenvalue weighted by Gasteiger charge is -2.16. The molecule has 1 unspecified atom stereocenters. The quantitative estimate of drug-likeness (QED) is 0.835. The van der Waals surface area contributed by atoms with Crippen molar-refractivity contribution >= 4 is 10.0 Å². The van der Waals surface area contributed by atoms with Crippen molar-refractivity contribution in [1.82, 2.24) is 4.72 Å². The van der Waals surface area contributed by atoms with Crippen LogP contribution in [-0.4, -0.2) is 14.5 Å². The van der Waals surface area contributed by atoms with Gasteiger partial charge in [0.2, 0.25) is 10.0 Å². The van der Waals surface area contributed by atoms with Crippen LogP contribution in [0.15, 0.2) is 23.1 Å². The van der Waals surface area contributed by atoms with Crippen LogP contribution in [0.1, 0.15) is 37.8 Å². The Hall–Kier alpha value is -0.910. The molecule has 1 saturated carbocycles. The van der Waals surface area contributed by atoms with E-state index in [9.17, 15) is 8.42 Å². The predicted octanol–water partition coefficient (Wildman–Crippen LogP) is 1.78. The molecule has 5 heteroatoms. The van der Waals surface area contributed by atoms with E-state index in [1.54, 1.807) is 6.07 Å². The molecular formula is C14H22N2O2S. The highest BCUT2D eigenvalue weighted by Crippen LogP contribution is 2.33. The predicted molar refractivity (Wildman–Crippen MR) is 76.2 cm³/mol. The maximum absolute atomic E-state index is 12.5. The van der Waals surface area contributed by atoms with Crippen LogP contribution in [0.5, 0.6) is 0 Å². The Morgan fingerprint density at radius 3 is 2.63 bits per heavy atom. The minimum Gasteiger partial charge on any atom is -0.326 e. The number of nitrogens with two attached hydrogens (primary N) is 1. The Bertz CT molecular complexity index is 551. The van der Waals surface area contributed by atoms with E-state index in [1.165, 1.54) is 0 Å². The second-order valence-electron chi connectivity index (χ2n) is 5.25. The Balaban J connectivity index is 2.31. The molecule has 0 bridgehead atoms. The highest BCUT2D eigenvalue weighted by molar-refractivity contribution is 7.89. The van der Waals surface area contributed by atoms with E-state index in [0.717, 1.165) is 24.0 Å². The standard InChI is InChI=1S/C14H22N2O2S/c1-3-12-5-4-11(9-15)8-14(12)19(17,18)16-10(2)13-6-7-13/h4-5,8,10,13,16H,3,6-7,9,15H2,1-2H3. The molecule has 106 valence electrons. The fourth-order valence-electron chi connectivity index (χ4n) is 2.27. The average molecular weight is 282 g/mol. The highest BCUT2D eigenvalue weighted by atomic mass is 32.2. The van der Waals surface area contributed by atoms with Crippen molar-refractivity contribution in [3.8, 4) is 0 Å². The van der Waals surface area contributed by atoms with E-state index in [1.807, 2.05) is 26.0 Å². The molecule has 0 radical (unpaired) electrons. The number of sulfonamides is 1. The first-order valence-corrected chi connectivity index (χ1v) is 8.30. The van der Waals surface area contributed by atoms with Gasteiger partial charge in [0.05, 0.1) is 4.90 Å². The molecule has 0 spiro atoms. The van der Waals surface area contributed by atoms with Crippen molar-refractivity contribution in [1.29, 1.82) is 0 Å². The number of aryl methyl sites for hydroxylation is 1. The third kappa shape index (κ3) is 3.35. The molecule has 1 aromatic rings. The van der Waals surface area contributed by atoms with E-state index < -0.39 is 10.0 Å². The average Bonchev–Trinajstić information content (AvgIpc) is 3.21. The van der Waals surface area contributed by atoms with E-state index >= 15 is 0 Å². The van der Waals surface area contributed by atoms with Gasteiger partial charge in [-0.25, -0.2) is 13.1 Å². The van der Waals surface area contributed by atoms with E-state index in [0.29, 0.717) is 23.8 Å². The molecule has 1 aliphatic rings. The van der Waals surface area contributed by atoms with Crippen molar-refractivity contribution in [2.75, 3.05) is 0 Å². The second kappa shape index (κ2) is 5.61. The van der Waals surface area contributed by atoms with Crippen molar-refractivity contribution in [3.63, 3.8) is 0 Å². The Morgan fingerprint density at radius 1 is 1.42 bits per heavy atom. The van der Waals surface area contributed by atoms with Gasteiger partial charge in [-0.15, -0.1) is 0 Å². The lowest BCUT2D eigenvalue weighted by molar-refractivity contribution is 0.537. The van der Waals surface area contributed by atoms with Crippen molar-refractivity contribution in [3.05, 3.63) is 29.3 Å². The third-order valence-electron chi connectivity index (χ3n) is 3.71. The topological polar surface area (TPSA) is 72.2 Å². The first-order valence-electron chi connectivity index (χ1n) is 6.82. The normalized spacial score (nSPS) is 17.4. The van der Waals surface area contributed by atoms with Crippen molar-refractivity contribution < 1.29 is 8.42 Å². The molecule has 4 nitrogen and oxygen atoms in total. The molecule has 3 N–H and O–H groups in total. The highest BCUT2D eigenvalue weighted by Gasteiger charge is 2.31. The summed E-state index contributed by atoms with van der Waals surface area (Å²) in [6, 6.07) is 5.46. The molecule has 0 aliphatic heterocycles. The molecule has 1 aromatic carbocycles. The maximum atomic E-state index is 12.5. The number of hydrogen-bond donors (Lipinski definition) is 2. The Morgan fingerprint density at radius 2 is 2.11 bits per heavy atom. The van der Waals surface area contributed by atoms with E-state index in [-0.39, 0.29) is 6.04 Å². The minimum absolute atomic E-state index is 0.0104. The lowest BCUT2D eigenvalue weighted by atomic mass is 10.1. The van der Waals surface area contributed by atoms with Crippen LogP contribution < -0.4 is 10.5 Å². The van der Waals surface area contributed by atoms with Gasteiger partial charge in [-0.1, -0.05) is 19.1 Å². The van der Waals surface area contributed by atoms with Crippen LogP contribution in [-0.2, 0) is 23.0 Å². The third-order valence-corrected chi connectivity index (χ3v) is 5.35. The van der Waals surface area contributed by atoms with Crippen molar-refractivity contribution in [2.45, 2.75) is 50.6 Å². The molecule has 0 heterocycles. The minimum atomic E-state index is -3.45. The molecule has 1 atom stereocenters. The van der Waals surface area contributed by atoms with Gasteiger partial charge in [0, 0.05) is 12.6 Å². The van der Waals surface area contributed by atoms with Gasteiger partial charge in [-0.3, -0.25) is 0 Å². The monoisotopic (exact) mass is 282 g/mol. The molecule has 0 amide bonds. The fourth-order valence-corrected chi connectivity index (χ4v) is 3.94. The van der Waals surface area contributed by atoms with Crippen molar-refractivity contribution in [2.24, 2.45) is 11.7 Å². The summed E-state index contributed by atoms with van der Waals surface area (Å²) in [6.07, 6.45) is 2.93. The smallest absolute Gasteiger partial charge is 0.241 e. The summed E-state index contributed by atoms with van der Waals surface area (Å²) >= 11 is 0. The summed E-state index contributed by atoms with van der Waals surface area (Å²) in [6.45, 7) is 4.25. The zero-order chi connectivity index (χ0) is 14.0. The van der Waals surface area contributed by atoms with Crippen LogP contribution in [0.3, 0.4) is 0 Å². The van der Waals surface area contributed by atoms with E-state index in [2.05, 4.69) is 4.72 Å². The molecule has 1 fully saturated rings. The van der Waals surface area contributed by atoms with Gasteiger partial charge in [-0.05, 0) is 49.3 Å². The lowest BCUT2D eigenvalue weighted by Crippen LogP contribution is -2.34. The van der Waals surface area contributed by atoms with Crippen LogP contribution in [0.2, 0.25) is 0 Å². The van der Waals surface area contributed by atoms with Gasteiger partial charge < -0.3 is 5.73 Å². The Kier molecular flexibility index (Phi) is 4.28. The van der Waals surface area contributed by atoms with E-state index in [4.69, 9.17) is 5.73 Å². The second-order valence-corrected chi connectivity index (χ2v) is 6.93. The van der Waals surface area contributed by atoms with Gasteiger partial charge in [0.15, 0.2) is 0 Å². The first kappa shape index (κ1) is 14.5. The number of benzene rings is 1. The number of nitrogens with one attached hydrogen (secondary N) is 1. The SMILES string of the molecule is CCc1ccc(CN)cc1S(=O)(=O)NC(C)C1CC1. The molecule has 1 aliphatic carbocycles. The molecule has 19 heavy (non-hydrogen) atoms. The van der Waals surface area contributed by atoms with Crippen LogP contribution in [0, 0.1) is 5.92 Å².